The van der Waals surface area contributed by atoms with Crippen LogP contribution in [0.2, 0.25) is 0 Å². The topological polar surface area (TPSA) is 41.6 Å². The molecule has 0 unspecified atom stereocenters. The summed E-state index contributed by atoms with van der Waals surface area (Å²) in [6.45, 7) is 3.10. The van der Waals surface area contributed by atoms with Gasteiger partial charge in [0.1, 0.15) is 6.61 Å². The molecule has 2 aliphatic heterocycles. The average Bonchev–Trinajstić information content (AvgIpc) is 2.95. The number of nitrogens with one attached hydrogen (secondary N) is 1. The maximum Gasteiger partial charge on any atom is 0.410 e. The van der Waals surface area contributed by atoms with Gasteiger partial charge in [-0.15, -0.1) is 0 Å². The van der Waals surface area contributed by atoms with E-state index in [9.17, 15) is 4.79 Å². The lowest BCUT2D eigenvalue weighted by Crippen LogP contribution is -2.55. The molecule has 1 atom stereocenters. The van der Waals surface area contributed by atoms with E-state index in [0.29, 0.717) is 6.61 Å². The summed E-state index contributed by atoms with van der Waals surface area (Å²) in [5.74, 6) is 0. The third kappa shape index (κ3) is 2.66. The van der Waals surface area contributed by atoms with Gasteiger partial charge < -0.3 is 15.0 Å². The van der Waals surface area contributed by atoms with Crippen LogP contribution in [-0.2, 0) is 11.3 Å². The highest BCUT2D eigenvalue weighted by atomic mass is 16.6. The first kappa shape index (κ1) is 13.4. The molecular weight excluding hydrogens is 252 g/mol. The zero-order valence-electron chi connectivity index (χ0n) is 11.8. The Hall–Kier alpha value is -1.55. The third-order valence-corrected chi connectivity index (χ3v) is 4.49. The molecule has 4 heteroatoms. The van der Waals surface area contributed by atoms with Crippen molar-refractivity contribution in [3.05, 3.63) is 35.9 Å². The fraction of sp³-hybridized carbons (Fsp3) is 0.562. The quantitative estimate of drug-likeness (QED) is 0.901. The highest BCUT2D eigenvalue weighted by molar-refractivity contribution is 5.69. The van der Waals surface area contributed by atoms with E-state index in [1.165, 1.54) is 6.42 Å². The largest absolute Gasteiger partial charge is 0.445 e. The van der Waals surface area contributed by atoms with Crippen LogP contribution >= 0.6 is 0 Å². The second kappa shape index (κ2) is 5.83. The lowest BCUT2D eigenvalue weighted by Gasteiger charge is -2.43. The lowest BCUT2D eigenvalue weighted by atomic mass is 9.86. The van der Waals surface area contributed by atoms with Gasteiger partial charge in [0.15, 0.2) is 0 Å². The third-order valence-electron chi connectivity index (χ3n) is 4.49. The number of piperidine rings is 1. The highest BCUT2D eigenvalue weighted by Crippen LogP contribution is 2.33. The summed E-state index contributed by atoms with van der Waals surface area (Å²) in [7, 11) is 0. The Morgan fingerprint density at radius 1 is 1.25 bits per heavy atom. The first-order valence-electron chi connectivity index (χ1n) is 7.49. The molecule has 1 spiro atoms. The minimum atomic E-state index is -0.155. The Kier molecular flexibility index (Phi) is 3.92. The van der Waals surface area contributed by atoms with Crippen LogP contribution in [0.5, 0.6) is 0 Å². The minimum absolute atomic E-state index is 0.00597. The van der Waals surface area contributed by atoms with Gasteiger partial charge in [-0.3, -0.25) is 0 Å². The molecular formula is C16H22N2O2. The molecule has 0 bridgehead atoms. The van der Waals surface area contributed by atoms with Gasteiger partial charge in [0, 0.05) is 13.1 Å². The second-order valence-electron chi connectivity index (χ2n) is 5.80. The fourth-order valence-corrected chi connectivity index (χ4v) is 3.35. The molecule has 1 N–H and O–H groups in total. The first-order valence-corrected chi connectivity index (χ1v) is 7.49. The van der Waals surface area contributed by atoms with Crippen molar-refractivity contribution in [2.45, 2.75) is 37.8 Å². The van der Waals surface area contributed by atoms with Crippen LogP contribution in [-0.4, -0.2) is 36.2 Å². The Morgan fingerprint density at radius 2 is 2.10 bits per heavy atom. The summed E-state index contributed by atoms with van der Waals surface area (Å²) in [6, 6.07) is 9.86. The molecule has 2 heterocycles. The molecule has 0 aliphatic carbocycles. The first-order chi connectivity index (χ1) is 9.80. The zero-order chi connectivity index (χ0) is 13.8. The summed E-state index contributed by atoms with van der Waals surface area (Å²) >= 11 is 0. The van der Waals surface area contributed by atoms with Crippen molar-refractivity contribution in [3.8, 4) is 0 Å². The van der Waals surface area contributed by atoms with Gasteiger partial charge in [0.2, 0.25) is 0 Å². The van der Waals surface area contributed by atoms with Crippen LogP contribution in [0.4, 0.5) is 4.79 Å². The Morgan fingerprint density at radius 3 is 2.85 bits per heavy atom. The summed E-state index contributed by atoms with van der Waals surface area (Å²) in [5, 5.41) is 3.39. The van der Waals surface area contributed by atoms with Crippen molar-refractivity contribution < 1.29 is 9.53 Å². The zero-order valence-corrected chi connectivity index (χ0v) is 11.8. The van der Waals surface area contributed by atoms with Crippen molar-refractivity contribution in [2.24, 2.45) is 0 Å². The van der Waals surface area contributed by atoms with Crippen molar-refractivity contribution >= 4 is 6.09 Å². The number of benzene rings is 1. The molecule has 2 saturated heterocycles. The highest BCUT2D eigenvalue weighted by Gasteiger charge is 2.44. The Balaban J connectivity index is 1.63. The van der Waals surface area contributed by atoms with Crippen LogP contribution in [0.25, 0.3) is 0 Å². The van der Waals surface area contributed by atoms with Gasteiger partial charge >= 0.3 is 6.09 Å². The van der Waals surface area contributed by atoms with Crippen molar-refractivity contribution in [2.75, 3.05) is 19.6 Å². The van der Waals surface area contributed by atoms with E-state index in [1.54, 1.807) is 0 Å². The van der Waals surface area contributed by atoms with Crippen LogP contribution in [0, 0.1) is 0 Å². The Bertz CT molecular complexity index is 455. The Labute approximate surface area is 120 Å². The molecule has 2 fully saturated rings. The van der Waals surface area contributed by atoms with Gasteiger partial charge in [-0.25, -0.2) is 4.79 Å². The molecule has 108 valence electrons. The normalized spacial score (nSPS) is 25.9. The standard InChI is InChI=1S/C16H22N2O2/c19-15(20-12-14-6-2-1-3-7-14)18-11-5-4-8-16(18)9-10-17-13-16/h1-3,6-7,17H,4-5,8-13H2/t16-/m0/s1. The van der Waals surface area contributed by atoms with Gasteiger partial charge in [0.25, 0.3) is 0 Å². The molecule has 20 heavy (non-hydrogen) atoms. The number of likely N-dealkylation sites (tertiary alicyclic amines) is 1. The predicted octanol–water partition coefficient (Wildman–Crippen LogP) is 2.54. The molecule has 3 rings (SSSR count). The average molecular weight is 274 g/mol. The maximum absolute atomic E-state index is 12.4. The van der Waals surface area contributed by atoms with Gasteiger partial charge in [-0.05, 0) is 37.8 Å². The number of hydrogen-bond donors (Lipinski definition) is 1. The van der Waals surface area contributed by atoms with Crippen LogP contribution in [0.15, 0.2) is 30.3 Å². The van der Waals surface area contributed by atoms with Gasteiger partial charge in [0.05, 0.1) is 5.54 Å². The number of ether oxygens (including phenoxy) is 1. The molecule has 0 aromatic heterocycles. The molecule has 1 aromatic rings. The van der Waals surface area contributed by atoms with Crippen molar-refractivity contribution in [1.29, 1.82) is 0 Å². The second-order valence-corrected chi connectivity index (χ2v) is 5.80. The van der Waals surface area contributed by atoms with Crippen LogP contribution in [0.1, 0.15) is 31.2 Å². The number of hydrogen-bond acceptors (Lipinski definition) is 3. The number of rotatable bonds is 2. The minimum Gasteiger partial charge on any atom is -0.445 e. The van der Waals surface area contributed by atoms with E-state index in [1.807, 2.05) is 35.2 Å². The van der Waals surface area contributed by atoms with E-state index >= 15 is 0 Å². The van der Waals surface area contributed by atoms with E-state index in [2.05, 4.69) is 5.32 Å². The van der Waals surface area contributed by atoms with Crippen LogP contribution in [0.3, 0.4) is 0 Å². The SMILES string of the molecule is O=C(OCc1ccccc1)N1CCCC[C@@]12CCNC2. The summed E-state index contributed by atoms with van der Waals surface area (Å²) in [6.07, 6.45) is 4.29. The molecule has 0 saturated carbocycles. The molecule has 2 aliphatic rings. The van der Waals surface area contributed by atoms with E-state index in [0.717, 1.165) is 44.5 Å². The lowest BCUT2D eigenvalue weighted by molar-refractivity contribution is 0.0320. The van der Waals surface area contributed by atoms with E-state index in [4.69, 9.17) is 4.74 Å². The summed E-state index contributed by atoms with van der Waals surface area (Å²) in [5.41, 5.74) is 1.04. The summed E-state index contributed by atoms with van der Waals surface area (Å²) < 4.78 is 5.51. The van der Waals surface area contributed by atoms with Crippen molar-refractivity contribution in [3.63, 3.8) is 0 Å². The van der Waals surface area contributed by atoms with E-state index in [-0.39, 0.29) is 11.6 Å². The molecule has 0 radical (unpaired) electrons. The van der Waals surface area contributed by atoms with Gasteiger partial charge in [-0.2, -0.15) is 0 Å². The predicted molar refractivity (Wildman–Crippen MR) is 77.4 cm³/mol. The van der Waals surface area contributed by atoms with E-state index < -0.39 is 0 Å². The van der Waals surface area contributed by atoms with Crippen LogP contribution < -0.4 is 5.32 Å². The monoisotopic (exact) mass is 274 g/mol. The number of nitrogens with zero attached hydrogens (tertiary/aromatic N) is 1. The van der Waals surface area contributed by atoms with Gasteiger partial charge in [-0.1, -0.05) is 30.3 Å². The smallest absolute Gasteiger partial charge is 0.410 e. The molecule has 1 amide bonds. The number of amides is 1. The van der Waals surface area contributed by atoms with Crippen molar-refractivity contribution in [1.82, 2.24) is 10.2 Å². The molecule has 4 nitrogen and oxygen atoms in total. The number of carbonyl (C=O) groups excluding carboxylic acids is 1. The number of carbonyl (C=O) groups is 1. The maximum atomic E-state index is 12.4. The fourth-order valence-electron chi connectivity index (χ4n) is 3.35. The summed E-state index contributed by atoms with van der Waals surface area (Å²) in [4.78, 5) is 14.4. The molecule has 1 aromatic carbocycles.